The van der Waals surface area contributed by atoms with E-state index in [0.717, 1.165) is 12.8 Å². The zero-order chi connectivity index (χ0) is 18.7. The molecule has 0 aromatic heterocycles. The van der Waals surface area contributed by atoms with Crippen molar-refractivity contribution >= 4 is 11.9 Å². The number of hydrogen-bond acceptors (Lipinski definition) is 7. The second-order valence-electron chi connectivity index (χ2n) is 5.20. The molecule has 2 atom stereocenters. The van der Waals surface area contributed by atoms with Crippen LogP contribution in [0.15, 0.2) is 18.2 Å². The number of carboxylic acids is 2. The van der Waals surface area contributed by atoms with Gasteiger partial charge in [-0.1, -0.05) is 12.5 Å². The molecule has 0 aliphatic carbocycles. The maximum Gasteiger partial charge on any atom is 0.320 e. The van der Waals surface area contributed by atoms with Gasteiger partial charge in [-0.05, 0) is 43.5 Å². The summed E-state index contributed by atoms with van der Waals surface area (Å²) in [5.74, 6) is -2.55. The van der Waals surface area contributed by atoms with Gasteiger partial charge >= 0.3 is 11.9 Å². The van der Waals surface area contributed by atoms with Gasteiger partial charge in [-0.2, -0.15) is 0 Å². The fourth-order valence-electron chi connectivity index (χ4n) is 1.67. The number of phenolic OH excluding ortho intramolecular Hbond substituents is 2. The lowest BCUT2D eigenvalue weighted by molar-refractivity contribution is -0.139. The largest absolute Gasteiger partial charge is 0.504 e. The molecule has 0 amide bonds. The molecule has 0 aliphatic rings. The van der Waals surface area contributed by atoms with E-state index in [1.807, 2.05) is 0 Å². The first-order valence-corrected chi connectivity index (χ1v) is 7.36. The standard InChI is InChI=1S/C9H11NO4.C6H14N2O2/c10-6(9(13)14)3-5-1-2-7(11)8(12)4-5;7-4-2-1-3-5(8)6(9)10/h1-2,4,6,11-12H,3,10H2,(H,13,14);5H,1-4,7-8H2,(H,9,10)/t6-;/m0./s1. The molecule has 0 fully saturated rings. The Morgan fingerprint density at radius 3 is 2.00 bits per heavy atom. The number of carboxylic acid groups (broad SMARTS) is 2. The predicted octanol–water partition coefficient (Wildman–Crippen LogP) is -0.420. The second kappa shape index (κ2) is 11.2. The summed E-state index contributed by atoms with van der Waals surface area (Å²) in [5, 5.41) is 35.0. The Morgan fingerprint density at radius 2 is 1.54 bits per heavy atom. The van der Waals surface area contributed by atoms with Crippen molar-refractivity contribution in [2.45, 2.75) is 37.8 Å². The van der Waals surface area contributed by atoms with Gasteiger partial charge in [0, 0.05) is 0 Å². The van der Waals surface area contributed by atoms with E-state index in [1.54, 1.807) is 0 Å². The molecule has 1 rings (SSSR count). The van der Waals surface area contributed by atoms with Crippen LogP contribution in [0.25, 0.3) is 0 Å². The Kier molecular flexibility index (Phi) is 10.1. The molecule has 1 aromatic rings. The summed E-state index contributed by atoms with van der Waals surface area (Å²) < 4.78 is 0. The number of hydrogen-bond donors (Lipinski definition) is 7. The molecule has 1 unspecified atom stereocenters. The smallest absolute Gasteiger partial charge is 0.320 e. The Labute approximate surface area is 139 Å². The molecule has 0 spiro atoms. The first-order chi connectivity index (χ1) is 11.2. The number of aliphatic carboxylic acids is 2. The van der Waals surface area contributed by atoms with Crippen molar-refractivity contribution in [2.24, 2.45) is 17.2 Å². The highest BCUT2D eigenvalue weighted by Gasteiger charge is 2.12. The highest BCUT2D eigenvalue weighted by Crippen LogP contribution is 2.25. The van der Waals surface area contributed by atoms with Crippen molar-refractivity contribution in [3.63, 3.8) is 0 Å². The minimum absolute atomic E-state index is 0.114. The van der Waals surface area contributed by atoms with Crippen molar-refractivity contribution < 1.29 is 30.0 Å². The molecule has 0 bridgehead atoms. The third-order valence-corrected chi connectivity index (χ3v) is 3.10. The number of phenols is 2. The van der Waals surface area contributed by atoms with Gasteiger partial charge in [0.25, 0.3) is 0 Å². The highest BCUT2D eigenvalue weighted by atomic mass is 16.4. The van der Waals surface area contributed by atoms with Crippen molar-refractivity contribution in [1.29, 1.82) is 0 Å². The topological polar surface area (TPSA) is 193 Å². The van der Waals surface area contributed by atoms with E-state index in [9.17, 15) is 9.59 Å². The molecule has 0 aliphatic heterocycles. The van der Waals surface area contributed by atoms with E-state index in [2.05, 4.69) is 0 Å². The lowest BCUT2D eigenvalue weighted by Gasteiger charge is -2.06. The van der Waals surface area contributed by atoms with Gasteiger partial charge in [-0.15, -0.1) is 0 Å². The molecular formula is C15H25N3O6. The molecule has 9 heteroatoms. The molecule has 0 heterocycles. The third kappa shape index (κ3) is 8.93. The van der Waals surface area contributed by atoms with Crippen LogP contribution >= 0.6 is 0 Å². The maximum absolute atomic E-state index is 10.4. The van der Waals surface area contributed by atoms with Crippen molar-refractivity contribution in [3.05, 3.63) is 23.8 Å². The van der Waals surface area contributed by atoms with E-state index >= 15 is 0 Å². The van der Waals surface area contributed by atoms with Gasteiger partial charge in [0.1, 0.15) is 12.1 Å². The minimum Gasteiger partial charge on any atom is -0.504 e. The van der Waals surface area contributed by atoms with Crippen molar-refractivity contribution in [1.82, 2.24) is 0 Å². The van der Waals surface area contributed by atoms with Crippen molar-refractivity contribution in [2.75, 3.05) is 6.54 Å². The Morgan fingerprint density at radius 1 is 0.958 bits per heavy atom. The lowest BCUT2D eigenvalue weighted by Crippen LogP contribution is -2.32. The molecule has 9 nitrogen and oxygen atoms in total. The van der Waals surface area contributed by atoms with Gasteiger partial charge in [0.15, 0.2) is 11.5 Å². The number of rotatable bonds is 8. The van der Waals surface area contributed by atoms with Crippen LogP contribution in [0.5, 0.6) is 11.5 Å². The molecular weight excluding hydrogens is 318 g/mol. The predicted molar refractivity (Wildman–Crippen MR) is 87.6 cm³/mol. The van der Waals surface area contributed by atoms with Gasteiger partial charge < -0.3 is 37.6 Å². The lowest BCUT2D eigenvalue weighted by atomic mass is 10.1. The van der Waals surface area contributed by atoms with Gasteiger partial charge in [-0.25, -0.2) is 0 Å². The maximum atomic E-state index is 10.4. The summed E-state index contributed by atoms with van der Waals surface area (Å²) in [4.78, 5) is 20.6. The van der Waals surface area contributed by atoms with E-state index in [0.29, 0.717) is 18.5 Å². The van der Waals surface area contributed by atoms with Crippen LogP contribution in [-0.4, -0.2) is 51.0 Å². The normalized spacial score (nSPS) is 12.6. The SMILES string of the molecule is NCCCCC(N)C(=O)O.N[C@@H](Cc1ccc(O)c(O)c1)C(=O)O. The third-order valence-electron chi connectivity index (χ3n) is 3.10. The van der Waals surface area contributed by atoms with Crippen LogP contribution in [0.2, 0.25) is 0 Å². The van der Waals surface area contributed by atoms with Crippen LogP contribution in [0.3, 0.4) is 0 Å². The molecule has 0 saturated heterocycles. The molecule has 1 aromatic carbocycles. The number of carbonyl (C=O) groups is 2. The number of aromatic hydroxyl groups is 2. The summed E-state index contributed by atoms with van der Waals surface area (Å²) in [6.45, 7) is 0.604. The molecule has 0 saturated carbocycles. The second-order valence-corrected chi connectivity index (χ2v) is 5.20. The number of unbranched alkanes of at least 4 members (excludes halogenated alkanes) is 1. The fourth-order valence-corrected chi connectivity index (χ4v) is 1.67. The summed E-state index contributed by atoms with van der Waals surface area (Å²) in [6, 6.07) is 2.38. The van der Waals surface area contributed by atoms with E-state index in [-0.39, 0.29) is 17.9 Å². The fraction of sp³-hybridized carbons (Fsp3) is 0.467. The first kappa shape index (κ1) is 21.6. The molecule has 10 N–H and O–H groups in total. The van der Waals surface area contributed by atoms with Gasteiger partial charge in [0.05, 0.1) is 0 Å². The van der Waals surface area contributed by atoms with Crippen LogP contribution in [0.1, 0.15) is 24.8 Å². The van der Waals surface area contributed by atoms with E-state index in [4.69, 9.17) is 37.6 Å². The average Bonchev–Trinajstić information content (AvgIpc) is 2.51. The van der Waals surface area contributed by atoms with Gasteiger partial charge in [0.2, 0.25) is 0 Å². The van der Waals surface area contributed by atoms with Crippen LogP contribution in [0.4, 0.5) is 0 Å². The molecule has 24 heavy (non-hydrogen) atoms. The van der Waals surface area contributed by atoms with E-state index in [1.165, 1.54) is 18.2 Å². The number of benzene rings is 1. The zero-order valence-corrected chi connectivity index (χ0v) is 13.3. The summed E-state index contributed by atoms with van der Waals surface area (Å²) in [6.07, 6.45) is 2.28. The summed E-state index contributed by atoms with van der Waals surface area (Å²) in [5.41, 5.74) is 16.3. The zero-order valence-electron chi connectivity index (χ0n) is 13.3. The summed E-state index contributed by atoms with van der Waals surface area (Å²) in [7, 11) is 0. The van der Waals surface area contributed by atoms with Crippen LogP contribution in [0, 0.1) is 0 Å². The molecule has 0 radical (unpaired) electrons. The molecule has 136 valence electrons. The highest BCUT2D eigenvalue weighted by molar-refractivity contribution is 5.73. The Balaban J connectivity index is 0.000000470. The van der Waals surface area contributed by atoms with E-state index < -0.39 is 24.0 Å². The first-order valence-electron chi connectivity index (χ1n) is 7.36. The van der Waals surface area contributed by atoms with Gasteiger partial charge in [-0.3, -0.25) is 9.59 Å². The van der Waals surface area contributed by atoms with Crippen LogP contribution < -0.4 is 17.2 Å². The number of nitrogens with two attached hydrogens (primary N) is 3. The Bertz CT molecular complexity index is 538. The summed E-state index contributed by atoms with van der Waals surface area (Å²) >= 11 is 0. The van der Waals surface area contributed by atoms with Crippen LogP contribution in [-0.2, 0) is 16.0 Å². The minimum atomic E-state index is -1.10. The quantitative estimate of drug-likeness (QED) is 0.242. The monoisotopic (exact) mass is 343 g/mol. The average molecular weight is 343 g/mol. The Hall–Kier alpha value is -2.36. The van der Waals surface area contributed by atoms with Crippen molar-refractivity contribution in [3.8, 4) is 11.5 Å².